The molecule has 0 radical (unpaired) electrons. The van der Waals surface area contributed by atoms with Crippen molar-refractivity contribution in [2.75, 3.05) is 7.11 Å². The standard InChI is InChI=1S/C9H6F5NO3/c1-18-8(17)4-5(9(12,13)14)3(6(10)11)2-15-7(4)16/h2,6H,1H3,(H,15,16). The number of carbonyl (C=O) groups excluding carboxylic acids is 1. The minimum Gasteiger partial charge on any atom is -0.465 e. The van der Waals surface area contributed by atoms with E-state index in [0.717, 1.165) is 7.11 Å². The van der Waals surface area contributed by atoms with Crippen LogP contribution in [0.5, 0.6) is 0 Å². The number of rotatable bonds is 2. The highest BCUT2D eigenvalue weighted by atomic mass is 19.4. The highest BCUT2D eigenvalue weighted by Gasteiger charge is 2.42. The maximum atomic E-state index is 12.7. The average molecular weight is 271 g/mol. The van der Waals surface area contributed by atoms with Gasteiger partial charge in [-0.2, -0.15) is 13.2 Å². The minimum atomic E-state index is -5.27. The van der Waals surface area contributed by atoms with E-state index in [-0.39, 0.29) is 6.20 Å². The fourth-order valence-corrected chi connectivity index (χ4v) is 1.32. The summed E-state index contributed by atoms with van der Waals surface area (Å²) in [6.45, 7) is 0. The van der Waals surface area contributed by atoms with E-state index in [1.165, 1.54) is 0 Å². The highest BCUT2D eigenvalue weighted by molar-refractivity contribution is 5.91. The Bertz CT molecular complexity index is 520. The Hall–Kier alpha value is -1.93. The van der Waals surface area contributed by atoms with Crippen LogP contribution in [0.15, 0.2) is 11.0 Å². The van der Waals surface area contributed by atoms with Crippen molar-refractivity contribution >= 4 is 5.97 Å². The minimum absolute atomic E-state index is 0.224. The first-order chi connectivity index (χ1) is 8.20. The van der Waals surface area contributed by atoms with E-state index < -0.39 is 40.8 Å². The number of alkyl halides is 5. The molecule has 0 bridgehead atoms. The molecule has 0 aliphatic carbocycles. The normalized spacial score (nSPS) is 11.7. The zero-order chi connectivity index (χ0) is 14.1. The molecule has 9 heteroatoms. The predicted molar refractivity (Wildman–Crippen MR) is 48.4 cm³/mol. The summed E-state index contributed by atoms with van der Waals surface area (Å²) in [7, 11) is 0.733. The van der Waals surface area contributed by atoms with Gasteiger partial charge in [-0.05, 0) is 0 Å². The summed E-state index contributed by atoms with van der Waals surface area (Å²) in [5, 5.41) is 0. The Labute approximate surface area is 96.4 Å². The van der Waals surface area contributed by atoms with Gasteiger partial charge in [0.2, 0.25) is 0 Å². The third kappa shape index (κ3) is 2.49. The highest BCUT2D eigenvalue weighted by Crippen LogP contribution is 2.37. The Morgan fingerprint density at radius 3 is 2.33 bits per heavy atom. The van der Waals surface area contributed by atoms with Crippen LogP contribution >= 0.6 is 0 Å². The van der Waals surface area contributed by atoms with Gasteiger partial charge in [-0.1, -0.05) is 0 Å². The first-order valence-electron chi connectivity index (χ1n) is 4.39. The number of aromatic amines is 1. The van der Waals surface area contributed by atoms with Gasteiger partial charge in [0, 0.05) is 11.8 Å². The lowest BCUT2D eigenvalue weighted by molar-refractivity contribution is -0.140. The lowest BCUT2D eigenvalue weighted by atomic mass is 10.0. The summed E-state index contributed by atoms with van der Waals surface area (Å²) in [5.41, 5.74) is -6.39. The molecule has 0 unspecified atom stereocenters. The number of hydrogen-bond acceptors (Lipinski definition) is 3. The van der Waals surface area contributed by atoms with E-state index in [1.54, 1.807) is 4.98 Å². The zero-order valence-electron chi connectivity index (χ0n) is 8.77. The molecule has 0 spiro atoms. The largest absolute Gasteiger partial charge is 0.465 e. The van der Waals surface area contributed by atoms with Crippen LogP contribution in [0.3, 0.4) is 0 Å². The second kappa shape index (κ2) is 4.75. The molecule has 1 aromatic heterocycles. The molecular weight excluding hydrogens is 265 g/mol. The van der Waals surface area contributed by atoms with E-state index in [2.05, 4.69) is 4.74 Å². The van der Waals surface area contributed by atoms with Gasteiger partial charge in [0.25, 0.3) is 12.0 Å². The smallest absolute Gasteiger partial charge is 0.417 e. The van der Waals surface area contributed by atoms with Crippen molar-refractivity contribution in [2.24, 2.45) is 0 Å². The van der Waals surface area contributed by atoms with Crippen LogP contribution in [-0.2, 0) is 10.9 Å². The number of esters is 1. The van der Waals surface area contributed by atoms with Crippen molar-refractivity contribution in [3.05, 3.63) is 33.2 Å². The van der Waals surface area contributed by atoms with E-state index in [0.29, 0.717) is 0 Å². The molecule has 100 valence electrons. The van der Waals surface area contributed by atoms with E-state index >= 15 is 0 Å². The summed E-state index contributed by atoms with van der Waals surface area (Å²) in [6, 6.07) is 0. The monoisotopic (exact) mass is 271 g/mol. The van der Waals surface area contributed by atoms with Crippen molar-refractivity contribution in [1.82, 2.24) is 4.98 Å². The Balaban J connectivity index is 3.73. The Morgan fingerprint density at radius 2 is 1.94 bits per heavy atom. The average Bonchev–Trinajstić information content (AvgIpc) is 2.25. The number of carbonyl (C=O) groups is 1. The topological polar surface area (TPSA) is 59.2 Å². The van der Waals surface area contributed by atoms with Crippen LogP contribution in [0.4, 0.5) is 22.0 Å². The molecule has 18 heavy (non-hydrogen) atoms. The molecule has 0 aliphatic heterocycles. The number of nitrogens with one attached hydrogen (secondary N) is 1. The zero-order valence-corrected chi connectivity index (χ0v) is 8.77. The molecule has 0 fully saturated rings. The third-order valence-electron chi connectivity index (χ3n) is 2.03. The molecule has 0 aromatic carbocycles. The van der Waals surface area contributed by atoms with E-state index in [4.69, 9.17) is 0 Å². The molecule has 0 aliphatic rings. The van der Waals surface area contributed by atoms with Crippen molar-refractivity contribution in [1.29, 1.82) is 0 Å². The van der Waals surface area contributed by atoms with Gasteiger partial charge in [-0.3, -0.25) is 4.79 Å². The van der Waals surface area contributed by atoms with Gasteiger partial charge >= 0.3 is 12.1 Å². The maximum Gasteiger partial charge on any atom is 0.417 e. The fraction of sp³-hybridized carbons (Fsp3) is 0.333. The second-order valence-electron chi connectivity index (χ2n) is 3.11. The van der Waals surface area contributed by atoms with Gasteiger partial charge in [-0.25, -0.2) is 13.6 Å². The molecule has 1 rings (SSSR count). The Morgan fingerprint density at radius 1 is 1.39 bits per heavy atom. The summed E-state index contributed by atoms with van der Waals surface area (Å²) in [5.74, 6) is -1.63. The van der Waals surface area contributed by atoms with Crippen LogP contribution < -0.4 is 5.56 Å². The first kappa shape index (κ1) is 14.1. The molecule has 0 saturated heterocycles. The van der Waals surface area contributed by atoms with Gasteiger partial charge in [0.15, 0.2) is 0 Å². The number of methoxy groups -OCH3 is 1. The lowest BCUT2D eigenvalue weighted by Crippen LogP contribution is -2.27. The first-order valence-corrected chi connectivity index (χ1v) is 4.39. The summed E-state index contributed by atoms with van der Waals surface area (Å²) >= 11 is 0. The van der Waals surface area contributed by atoms with E-state index in [9.17, 15) is 31.5 Å². The van der Waals surface area contributed by atoms with Crippen LogP contribution in [-0.4, -0.2) is 18.1 Å². The number of aromatic nitrogens is 1. The maximum absolute atomic E-state index is 12.7. The number of halogens is 5. The SMILES string of the molecule is COC(=O)c1c(C(F)(F)F)c(C(F)F)c[nH]c1=O. The van der Waals surface area contributed by atoms with Crippen LogP contribution in [0, 0.1) is 0 Å². The van der Waals surface area contributed by atoms with Gasteiger partial charge in [-0.15, -0.1) is 0 Å². The number of pyridine rings is 1. The lowest BCUT2D eigenvalue weighted by Gasteiger charge is -2.14. The van der Waals surface area contributed by atoms with Gasteiger partial charge in [0.05, 0.1) is 12.7 Å². The number of ether oxygens (including phenoxy) is 1. The third-order valence-corrected chi connectivity index (χ3v) is 2.03. The molecule has 1 aromatic rings. The number of H-pyrrole nitrogens is 1. The molecular formula is C9H6F5NO3. The summed E-state index contributed by atoms with van der Waals surface area (Å²) in [6.07, 6.45) is -8.55. The fourth-order valence-electron chi connectivity index (χ4n) is 1.32. The van der Waals surface area contributed by atoms with Crippen molar-refractivity contribution in [3.63, 3.8) is 0 Å². The molecule has 0 amide bonds. The van der Waals surface area contributed by atoms with Crippen molar-refractivity contribution < 1.29 is 31.5 Å². The van der Waals surface area contributed by atoms with Gasteiger partial charge in [0.1, 0.15) is 5.56 Å². The van der Waals surface area contributed by atoms with Crippen LogP contribution in [0.2, 0.25) is 0 Å². The quantitative estimate of drug-likeness (QED) is 0.662. The summed E-state index contributed by atoms with van der Waals surface area (Å²) in [4.78, 5) is 23.9. The van der Waals surface area contributed by atoms with Crippen LogP contribution in [0.25, 0.3) is 0 Å². The molecule has 0 saturated carbocycles. The van der Waals surface area contributed by atoms with Crippen molar-refractivity contribution in [2.45, 2.75) is 12.6 Å². The second-order valence-corrected chi connectivity index (χ2v) is 3.11. The van der Waals surface area contributed by atoms with Crippen LogP contribution in [0.1, 0.15) is 27.9 Å². The van der Waals surface area contributed by atoms with Crippen molar-refractivity contribution in [3.8, 4) is 0 Å². The molecule has 1 heterocycles. The number of hydrogen-bond donors (Lipinski definition) is 1. The molecule has 4 nitrogen and oxygen atoms in total. The predicted octanol–water partition coefficient (Wildman–Crippen LogP) is 2.12. The Kier molecular flexibility index (Phi) is 3.73. The summed E-state index contributed by atoms with van der Waals surface area (Å²) < 4.78 is 66.9. The van der Waals surface area contributed by atoms with Gasteiger partial charge < -0.3 is 9.72 Å². The molecule has 1 N–H and O–H groups in total. The molecule has 0 atom stereocenters. The van der Waals surface area contributed by atoms with E-state index in [1.807, 2.05) is 0 Å².